The van der Waals surface area contributed by atoms with Gasteiger partial charge in [-0.1, -0.05) is 11.6 Å². The van der Waals surface area contributed by atoms with E-state index in [9.17, 15) is 9.18 Å². The first-order chi connectivity index (χ1) is 9.63. The molecule has 0 unspecified atom stereocenters. The van der Waals surface area contributed by atoms with Crippen molar-refractivity contribution in [3.8, 4) is 0 Å². The lowest BCUT2D eigenvalue weighted by atomic mass is 10.1. The molecule has 20 heavy (non-hydrogen) atoms. The van der Waals surface area contributed by atoms with Crippen LogP contribution in [0.3, 0.4) is 0 Å². The monoisotopic (exact) mass is 290 g/mol. The maximum absolute atomic E-state index is 13.6. The average molecular weight is 291 g/mol. The summed E-state index contributed by atoms with van der Waals surface area (Å²) >= 11 is 5.67. The van der Waals surface area contributed by atoms with Crippen LogP contribution in [0, 0.1) is 5.82 Å². The molecule has 0 bridgehead atoms. The second kappa shape index (κ2) is 5.13. The Hall–Kier alpha value is -2.07. The van der Waals surface area contributed by atoms with Gasteiger partial charge in [0.1, 0.15) is 5.82 Å². The number of rotatable bonds is 2. The van der Waals surface area contributed by atoms with E-state index in [0.717, 1.165) is 24.2 Å². The van der Waals surface area contributed by atoms with Crippen LogP contribution in [-0.2, 0) is 6.42 Å². The predicted molar refractivity (Wildman–Crippen MR) is 78.0 cm³/mol. The molecule has 0 saturated heterocycles. The molecule has 102 valence electrons. The predicted octanol–water partition coefficient (Wildman–Crippen LogP) is 3.70. The summed E-state index contributed by atoms with van der Waals surface area (Å²) in [6, 6.07) is 9.58. The van der Waals surface area contributed by atoms with Crippen LogP contribution in [0.1, 0.15) is 15.9 Å². The Morgan fingerprint density at radius 2 is 2.10 bits per heavy atom. The van der Waals surface area contributed by atoms with Crippen LogP contribution >= 0.6 is 11.6 Å². The fraction of sp³-hybridized carbons (Fsp3) is 0.133. The van der Waals surface area contributed by atoms with Crippen LogP contribution in [0.15, 0.2) is 36.4 Å². The van der Waals surface area contributed by atoms with Crippen molar-refractivity contribution in [1.82, 2.24) is 0 Å². The summed E-state index contributed by atoms with van der Waals surface area (Å²) in [4.78, 5) is 12.1. The first kappa shape index (κ1) is 12.9. The Labute approximate surface area is 120 Å². The van der Waals surface area contributed by atoms with Gasteiger partial charge >= 0.3 is 0 Å². The highest BCUT2D eigenvalue weighted by atomic mass is 35.5. The number of amides is 1. The fourth-order valence-corrected chi connectivity index (χ4v) is 2.39. The molecule has 2 aromatic rings. The summed E-state index contributed by atoms with van der Waals surface area (Å²) in [6.07, 6.45) is 0.895. The summed E-state index contributed by atoms with van der Waals surface area (Å²) < 4.78 is 13.6. The van der Waals surface area contributed by atoms with Crippen LogP contribution in [0.25, 0.3) is 0 Å². The highest BCUT2D eigenvalue weighted by Crippen LogP contribution is 2.24. The molecule has 1 aliphatic heterocycles. The fourth-order valence-electron chi connectivity index (χ4n) is 2.23. The van der Waals surface area contributed by atoms with E-state index in [1.54, 1.807) is 6.07 Å². The Bertz CT molecular complexity index is 688. The lowest BCUT2D eigenvalue weighted by molar-refractivity contribution is 0.102. The van der Waals surface area contributed by atoms with Gasteiger partial charge in [-0.25, -0.2) is 4.39 Å². The lowest BCUT2D eigenvalue weighted by Gasteiger charge is -2.08. The molecule has 5 heteroatoms. The van der Waals surface area contributed by atoms with Crippen molar-refractivity contribution in [1.29, 1.82) is 0 Å². The van der Waals surface area contributed by atoms with Crippen molar-refractivity contribution in [3.63, 3.8) is 0 Å². The van der Waals surface area contributed by atoms with Gasteiger partial charge in [-0.15, -0.1) is 0 Å². The van der Waals surface area contributed by atoms with E-state index in [1.165, 1.54) is 18.2 Å². The number of halogens is 2. The molecule has 0 fully saturated rings. The van der Waals surface area contributed by atoms with E-state index in [2.05, 4.69) is 10.6 Å². The van der Waals surface area contributed by atoms with Crippen molar-refractivity contribution in [2.24, 2.45) is 0 Å². The molecule has 2 aromatic carbocycles. The zero-order chi connectivity index (χ0) is 14.1. The van der Waals surface area contributed by atoms with Gasteiger partial charge in [0, 0.05) is 22.8 Å². The highest BCUT2D eigenvalue weighted by molar-refractivity contribution is 6.30. The van der Waals surface area contributed by atoms with Gasteiger partial charge in [0.2, 0.25) is 0 Å². The third kappa shape index (κ3) is 2.47. The quantitative estimate of drug-likeness (QED) is 0.885. The smallest absolute Gasteiger partial charge is 0.255 e. The number of hydrogen-bond acceptors (Lipinski definition) is 2. The molecule has 1 heterocycles. The average Bonchev–Trinajstić information content (AvgIpc) is 2.89. The first-order valence-corrected chi connectivity index (χ1v) is 6.64. The van der Waals surface area contributed by atoms with Crippen molar-refractivity contribution < 1.29 is 9.18 Å². The Morgan fingerprint density at radius 3 is 2.90 bits per heavy atom. The molecule has 1 aliphatic rings. The zero-order valence-electron chi connectivity index (χ0n) is 10.5. The molecule has 0 spiro atoms. The van der Waals surface area contributed by atoms with Crippen LogP contribution in [0.4, 0.5) is 15.8 Å². The highest BCUT2D eigenvalue weighted by Gasteiger charge is 2.14. The summed E-state index contributed by atoms with van der Waals surface area (Å²) in [7, 11) is 0. The van der Waals surface area contributed by atoms with Gasteiger partial charge in [0.25, 0.3) is 5.91 Å². The van der Waals surface area contributed by atoms with Crippen LogP contribution in [-0.4, -0.2) is 12.5 Å². The third-order valence-corrected chi connectivity index (χ3v) is 3.49. The van der Waals surface area contributed by atoms with Gasteiger partial charge in [0.15, 0.2) is 0 Å². The van der Waals surface area contributed by atoms with Crippen LogP contribution in [0.2, 0.25) is 5.02 Å². The van der Waals surface area contributed by atoms with Crippen molar-refractivity contribution >= 4 is 28.9 Å². The SMILES string of the molecule is O=C(Nc1ccc(Cl)cc1F)c1ccc2c(c1)CCN2. The largest absolute Gasteiger partial charge is 0.384 e. The molecule has 0 aliphatic carbocycles. The Morgan fingerprint density at radius 1 is 1.25 bits per heavy atom. The van der Waals surface area contributed by atoms with E-state index in [-0.39, 0.29) is 11.6 Å². The lowest BCUT2D eigenvalue weighted by Crippen LogP contribution is -2.13. The molecule has 0 saturated carbocycles. The van der Waals surface area contributed by atoms with Gasteiger partial charge in [-0.3, -0.25) is 4.79 Å². The molecule has 3 rings (SSSR count). The molecule has 0 radical (unpaired) electrons. The molecule has 1 amide bonds. The van der Waals surface area contributed by atoms with Crippen molar-refractivity contribution in [2.75, 3.05) is 17.2 Å². The standard InChI is InChI=1S/C15H12ClFN2O/c16-11-2-4-14(12(17)8-11)19-15(20)10-1-3-13-9(7-10)5-6-18-13/h1-4,7-8,18H,5-6H2,(H,19,20). The number of carbonyl (C=O) groups is 1. The minimum absolute atomic E-state index is 0.123. The molecular formula is C15H12ClFN2O. The summed E-state index contributed by atoms with van der Waals surface area (Å²) in [5.74, 6) is -0.880. The molecular weight excluding hydrogens is 279 g/mol. The maximum atomic E-state index is 13.6. The topological polar surface area (TPSA) is 41.1 Å². The van der Waals surface area contributed by atoms with E-state index in [0.29, 0.717) is 10.6 Å². The van der Waals surface area contributed by atoms with Gasteiger partial charge in [-0.2, -0.15) is 0 Å². The first-order valence-electron chi connectivity index (χ1n) is 6.27. The van der Waals surface area contributed by atoms with Gasteiger partial charge < -0.3 is 10.6 Å². The molecule has 2 N–H and O–H groups in total. The van der Waals surface area contributed by atoms with E-state index >= 15 is 0 Å². The maximum Gasteiger partial charge on any atom is 0.255 e. The van der Waals surface area contributed by atoms with Crippen LogP contribution in [0.5, 0.6) is 0 Å². The number of benzene rings is 2. The summed E-state index contributed by atoms with van der Waals surface area (Å²) in [5, 5.41) is 6.07. The zero-order valence-corrected chi connectivity index (χ0v) is 11.3. The number of hydrogen-bond donors (Lipinski definition) is 2. The van der Waals surface area contributed by atoms with Gasteiger partial charge in [0.05, 0.1) is 5.69 Å². The molecule has 0 aromatic heterocycles. The minimum Gasteiger partial charge on any atom is -0.384 e. The molecule has 0 atom stereocenters. The van der Waals surface area contributed by atoms with E-state index < -0.39 is 5.82 Å². The normalized spacial score (nSPS) is 12.7. The Kier molecular flexibility index (Phi) is 3.32. The second-order valence-electron chi connectivity index (χ2n) is 4.63. The van der Waals surface area contributed by atoms with E-state index in [4.69, 9.17) is 11.6 Å². The number of nitrogens with one attached hydrogen (secondary N) is 2. The summed E-state index contributed by atoms with van der Waals surface area (Å²) in [6.45, 7) is 0.881. The van der Waals surface area contributed by atoms with Crippen LogP contribution < -0.4 is 10.6 Å². The Balaban J connectivity index is 1.82. The van der Waals surface area contributed by atoms with E-state index in [1.807, 2.05) is 12.1 Å². The summed E-state index contributed by atoms with van der Waals surface area (Å²) in [5.41, 5.74) is 2.80. The number of carbonyl (C=O) groups excluding carboxylic acids is 1. The third-order valence-electron chi connectivity index (χ3n) is 3.26. The number of fused-ring (bicyclic) bond motifs is 1. The van der Waals surface area contributed by atoms with Gasteiger partial charge in [-0.05, 0) is 48.4 Å². The molecule has 3 nitrogen and oxygen atoms in total. The number of anilines is 2. The van der Waals surface area contributed by atoms with Crippen molar-refractivity contribution in [2.45, 2.75) is 6.42 Å². The second-order valence-corrected chi connectivity index (χ2v) is 5.06. The van der Waals surface area contributed by atoms with Crippen molar-refractivity contribution in [3.05, 3.63) is 58.4 Å². The minimum atomic E-state index is -0.548.